The topological polar surface area (TPSA) is 91.0 Å². The molecule has 1 aliphatic rings. The summed E-state index contributed by atoms with van der Waals surface area (Å²) < 4.78 is 10.2. The van der Waals surface area contributed by atoms with Crippen LogP contribution in [-0.2, 0) is 14.9 Å². The Kier molecular flexibility index (Phi) is 2.73. The third-order valence-electron chi connectivity index (χ3n) is 3.06. The van der Waals surface area contributed by atoms with Crippen LogP contribution >= 0.6 is 0 Å². The van der Waals surface area contributed by atoms with Crippen molar-refractivity contribution in [1.82, 2.24) is 20.1 Å². The highest BCUT2D eigenvalue weighted by molar-refractivity contribution is 5.85. The van der Waals surface area contributed by atoms with Crippen molar-refractivity contribution in [2.45, 2.75) is 25.2 Å². The lowest BCUT2D eigenvalue weighted by molar-refractivity contribution is -0.146. The number of hydrogen-bond acceptors (Lipinski definition) is 7. The Morgan fingerprint density at radius 2 is 2.37 bits per heavy atom. The van der Waals surface area contributed by atoms with Crippen LogP contribution < -0.4 is 0 Å². The summed E-state index contributed by atoms with van der Waals surface area (Å²) >= 11 is 0. The average molecular weight is 260 g/mol. The molecule has 7 nitrogen and oxygen atoms in total. The van der Waals surface area contributed by atoms with Crippen LogP contribution in [0.4, 0.5) is 0 Å². The third-order valence-corrected chi connectivity index (χ3v) is 3.06. The van der Waals surface area contributed by atoms with Crippen LogP contribution in [0, 0.1) is 0 Å². The summed E-state index contributed by atoms with van der Waals surface area (Å²) in [5.41, 5.74) is -0.182. The third kappa shape index (κ3) is 1.96. The van der Waals surface area contributed by atoms with E-state index in [-0.39, 0.29) is 5.97 Å². The van der Waals surface area contributed by atoms with E-state index in [9.17, 15) is 4.79 Å². The molecule has 0 unspecified atom stereocenters. The lowest BCUT2D eigenvalue weighted by atomic mass is 10.1. The van der Waals surface area contributed by atoms with E-state index < -0.39 is 5.41 Å². The van der Waals surface area contributed by atoms with Gasteiger partial charge >= 0.3 is 5.97 Å². The van der Waals surface area contributed by atoms with Crippen LogP contribution in [0.15, 0.2) is 23.1 Å². The van der Waals surface area contributed by atoms with E-state index >= 15 is 0 Å². The van der Waals surface area contributed by atoms with Gasteiger partial charge in [-0.1, -0.05) is 5.16 Å². The molecule has 0 bridgehead atoms. The second-order valence-electron chi connectivity index (χ2n) is 4.32. The lowest BCUT2D eigenvalue weighted by Gasteiger charge is -2.07. The Bertz CT molecular complexity index is 592. The Labute approximate surface area is 109 Å². The molecule has 1 saturated carbocycles. The van der Waals surface area contributed by atoms with E-state index in [1.807, 2.05) is 0 Å². The van der Waals surface area contributed by atoms with Crippen LogP contribution in [0.2, 0.25) is 0 Å². The van der Waals surface area contributed by atoms with Gasteiger partial charge in [-0.05, 0) is 25.8 Å². The molecule has 7 heteroatoms. The molecule has 0 aliphatic heterocycles. The molecule has 19 heavy (non-hydrogen) atoms. The first-order chi connectivity index (χ1) is 9.26. The SMILES string of the molecule is CCOC(=O)C1(c2nc(-c3ccncn3)no2)CC1. The molecular formula is C12H12N4O3. The van der Waals surface area contributed by atoms with Gasteiger partial charge in [-0.15, -0.1) is 0 Å². The summed E-state index contributed by atoms with van der Waals surface area (Å²) in [6.07, 6.45) is 4.36. The van der Waals surface area contributed by atoms with Crippen molar-refractivity contribution in [3.8, 4) is 11.5 Å². The molecule has 0 spiro atoms. The number of rotatable bonds is 4. The maximum absolute atomic E-state index is 11.9. The molecule has 2 heterocycles. The predicted octanol–water partition coefficient (Wildman–Crippen LogP) is 1.12. The predicted molar refractivity (Wildman–Crippen MR) is 62.9 cm³/mol. The first-order valence-corrected chi connectivity index (χ1v) is 6.04. The Morgan fingerprint density at radius 3 is 3.00 bits per heavy atom. The number of ether oxygens (including phenoxy) is 1. The van der Waals surface area contributed by atoms with E-state index in [0.717, 1.165) is 0 Å². The van der Waals surface area contributed by atoms with Gasteiger partial charge in [0.25, 0.3) is 0 Å². The first-order valence-electron chi connectivity index (χ1n) is 6.04. The zero-order valence-corrected chi connectivity index (χ0v) is 10.4. The summed E-state index contributed by atoms with van der Waals surface area (Å²) in [6, 6.07) is 1.68. The van der Waals surface area contributed by atoms with Crippen molar-refractivity contribution < 1.29 is 14.1 Å². The van der Waals surface area contributed by atoms with Gasteiger partial charge < -0.3 is 9.26 Å². The standard InChI is InChI=1S/C12H12N4O3/c1-2-18-11(17)12(4-5-12)10-15-9(16-19-10)8-3-6-13-7-14-8/h3,6-7H,2,4-5H2,1H3. The van der Waals surface area contributed by atoms with Crippen LogP contribution in [0.3, 0.4) is 0 Å². The average Bonchev–Trinajstić information content (AvgIpc) is 3.11. The number of nitrogens with zero attached hydrogens (tertiary/aromatic N) is 4. The fourth-order valence-electron chi connectivity index (χ4n) is 1.84. The highest BCUT2D eigenvalue weighted by Gasteiger charge is 2.57. The number of carbonyl (C=O) groups is 1. The summed E-state index contributed by atoms with van der Waals surface area (Å²) in [4.78, 5) is 24.0. The molecule has 2 aromatic rings. The molecule has 0 amide bonds. The van der Waals surface area contributed by atoms with Gasteiger partial charge in [-0.2, -0.15) is 4.98 Å². The number of hydrogen-bond donors (Lipinski definition) is 0. The van der Waals surface area contributed by atoms with Gasteiger partial charge in [0.15, 0.2) is 0 Å². The molecule has 0 N–H and O–H groups in total. The van der Waals surface area contributed by atoms with Crippen molar-refractivity contribution in [1.29, 1.82) is 0 Å². The Hall–Kier alpha value is -2.31. The molecule has 0 aromatic carbocycles. The fraction of sp³-hybridized carbons (Fsp3) is 0.417. The van der Waals surface area contributed by atoms with Crippen LogP contribution in [0.1, 0.15) is 25.7 Å². The van der Waals surface area contributed by atoms with Crippen molar-refractivity contribution in [3.63, 3.8) is 0 Å². The van der Waals surface area contributed by atoms with Crippen molar-refractivity contribution >= 4 is 5.97 Å². The minimum Gasteiger partial charge on any atom is -0.465 e. The maximum atomic E-state index is 11.9. The van der Waals surface area contributed by atoms with Gasteiger partial charge in [0.2, 0.25) is 11.7 Å². The van der Waals surface area contributed by atoms with Gasteiger partial charge in [0, 0.05) is 6.20 Å². The molecule has 0 atom stereocenters. The summed E-state index contributed by atoms with van der Waals surface area (Å²) in [5.74, 6) is 0.362. The first kappa shape index (κ1) is 11.8. The molecule has 1 fully saturated rings. The van der Waals surface area contributed by atoms with E-state index in [1.54, 1.807) is 19.2 Å². The maximum Gasteiger partial charge on any atom is 0.321 e. The summed E-state index contributed by atoms with van der Waals surface area (Å²) in [7, 11) is 0. The van der Waals surface area contributed by atoms with Crippen LogP contribution in [0.25, 0.3) is 11.5 Å². The van der Waals surface area contributed by atoms with Crippen LogP contribution in [0.5, 0.6) is 0 Å². The smallest absolute Gasteiger partial charge is 0.321 e. The molecule has 98 valence electrons. The van der Waals surface area contributed by atoms with Gasteiger partial charge in [0.05, 0.1) is 6.61 Å². The van der Waals surface area contributed by atoms with Gasteiger partial charge in [-0.3, -0.25) is 4.79 Å². The Morgan fingerprint density at radius 1 is 1.53 bits per heavy atom. The summed E-state index contributed by atoms with van der Waals surface area (Å²) in [5, 5.41) is 3.85. The minimum absolute atomic E-state index is 0.298. The quantitative estimate of drug-likeness (QED) is 0.760. The van der Waals surface area contributed by atoms with Gasteiger partial charge in [0.1, 0.15) is 17.4 Å². The van der Waals surface area contributed by atoms with E-state index in [4.69, 9.17) is 9.26 Å². The van der Waals surface area contributed by atoms with Crippen molar-refractivity contribution in [2.24, 2.45) is 0 Å². The zero-order chi connectivity index (χ0) is 13.3. The molecule has 1 aliphatic carbocycles. The normalized spacial score (nSPS) is 16.1. The molecule has 0 saturated heterocycles. The highest BCUT2D eigenvalue weighted by atomic mass is 16.5. The lowest BCUT2D eigenvalue weighted by Crippen LogP contribution is -2.23. The largest absolute Gasteiger partial charge is 0.465 e. The minimum atomic E-state index is -0.742. The molecule has 2 aromatic heterocycles. The second-order valence-corrected chi connectivity index (χ2v) is 4.32. The number of aromatic nitrogens is 4. The highest BCUT2D eigenvalue weighted by Crippen LogP contribution is 2.48. The van der Waals surface area contributed by atoms with E-state index in [1.165, 1.54) is 6.33 Å². The molecule has 3 rings (SSSR count). The van der Waals surface area contributed by atoms with Crippen molar-refractivity contribution in [3.05, 3.63) is 24.5 Å². The van der Waals surface area contributed by atoms with Crippen molar-refractivity contribution in [2.75, 3.05) is 6.61 Å². The fourth-order valence-corrected chi connectivity index (χ4v) is 1.84. The molecular weight excluding hydrogens is 248 g/mol. The number of carbonyl (C=O) groups excluding carboxylic acids is 1. The Balaban J connectivity index is 1.88. The zero-order valence-electron chi connectivity index (χ0n) is 10.4. The number of esters is 1. The van der Waals surface area contributed by atoms with Crippen LogP contribution in [-0.4, -0.2) is 32.7 Å². The second kappa shape index (κ2) is 4.42. The van der Waals surface area contributed by atoms with E-state index in [2.05, 4.69) is 20.1 Å². The monoisotopic (exact) mass is 260 g/mol. The van der Waals surface area contributed by atoms with E-state index in [0.29, 0.717) is 36.9 Å². The van der Waals surface area contributed by atoms with Gasteiger partial charge in [-0.25, -0.2) is 9.97 Å². The summed E-state index contributed by atoms with van der Waals surface area (Å²) in [6.45, 7) is 2.11. The molecule has 0 radical (unpaired) electrons.